The Morgan fingerprint density at radius 2 is 2.04 bits per heavy atom. The van der Waals surface area contributed by atoms with Gasteiger partial charge < -0.3 is 10.1 Å². The van der Waals surface area contributed by atoms with Crippen molar-refractivity contribution in [2.45, 2.75) is 18.9 Å². The number of hydrogen-bond acceptors (Lipinski definition) is 5. The molecule has 1 aliphatic heterocycles. The van der Waals surface area contributed by atoms with Crippen molar-refractivity contribution in [3.63, 3.8) is 0 Å². The number of aromatic nitrogens is 3. The fourth-order valence-electron chi connectivity index (χ4n) is 2.87. The molecule has 1 aliphatic rings. The fourth-order valence-corrected chi connectivity index (χ4v) is 2.87. The Kier molecular flexibility index (Phi) is 3.86. The van der Waals surface area contributed by atoms with Crippen molar-refractivity contribution in [2.24, 2.45) is 0 Å². The molecule has 0 aliphatic carbocycles. The van der Waals surface area contributed by atoms with Gasteiger partial charge in [-0.2, -0.15) is 0 Å². The molecule has 0 radical (unpaired) electrons. The summed E-state index contributed by atoms with van der Waals surface area (Å²) in [6, 6.07) is 11.8. The summed E-state index contributed by atoms with van der Waals surface area (Å²) in [5.41, 5.74) is 2.59. The molecular weight excluding hydrogens is 288 g/mol. The number of anilines is 1. The second-order valence-electron chi connectivity index (χ2n) is 5.66. The van der Waals surface area contributed by atoms with E-state index in [9.17, 15) is 0 Å². The van der Waals surface area contributed by atoms with E-state index in [4.69, 9.17) is 9.72 Å². The second-order valence-corrected chi connectivity index (χ2v) is 5.66. The quantitative estimate of drug-likeness (QED) is 0.801. The van der Waals surface area contributed by atoms with Gasteiger partial charge in [-0.1, -0.05) is 6.07 Å². The minimum atomic E-state index is 0.266. The Morgan fingerprint density at radius 3 is 2.87 bits per heavy atom. The van der Waals surface area contributed by atoms with Crippen LogP contribution in [-0.4, -0.2) is 34.2 Å². The molecule has 4 heterocycles. The topological polar surface area (TPSA) is 59.9 Å². The van der Waals surface area contributed by atoms with E-state index in [2.05, 4.69) is 15.3 Å². The first-order valence-electron chi connectivity index (χ1n) is 7.93. The van der Waals surface area contributed by atoms with E-state index < -0.39 is 0 Å². The van der Waals surface area contributed by atoms with Gasteiger partial charge in [-0.25, -0.2) is 4.98 Å². The van der Waals surface area contributed by atoms with E-state index in [1.165, 1.54) is 0 Å². The van der Waals surface area contributed by atoms with Crippen LogP contribution in [-0.2, 0) is 4.74 Å². The summed E-state index contributed by atoms with van der Waals surface area (Å²) in [5.74, 6) is 0.840. The molecule has 116 valence electrons. The van der Waals surface area contributed by atoms with Crippen molar-refractivity contribution < 1.29 is 4.74 Å². The van der Waals surface area contributed by atoms with Crippen molar-refractivity contribution in [1.29, 1.82) is 0 Å². The third-order valence-electron chi connectivity index (χ3n) is 4.05. The minimum absolute atomic E-state index is 0.266. The lowest BCUT2D eigenvalue weighted by atomic mass is 10.1. The number of rotatable bonds is 4. The van der Waals surface area contributed by atoms with Gasteiger partial charge in [-0.15, -0.1) is 0 Å². The van der Waals surface area contributed by atoms with Crippen LogP contribution in [0.4, 0.5) is 5.82 Å². The fraction of sp³-hybridized carbons (Fsp3) is 0.278. The molecule has 3 aromatic rings. The predicted molar refractivity (Wildman–Crippen MR) is 90.2 cm³/mol. The Bertz CT molecular complexity index is 800. The summed E-state index contributed by atoms with van der Waals surface area (Å²) < 4.78 is 5.68. The van der Waals surface area contributed by atoms with Crippen LogP contribution < -0.4 is 5.32 Å². The highest BCUT2D eigenvalue weighted by Gasteiger charge is 2.16. The maximum Gasteiger partial charge on any atom is 0.136 e. The van der Waals surface area contributed by atoms with Crippen LogP contribution in [0.15, 0.2) is 48.8 Å². The Balaban J connectivity index is 1.71. The second kappa shape index (κ2) is 6.30. The van der Waals surface area contributed by atoms with Crippen LogP contribution in [0.2, 0.25) is 0 Å². The summed E-state index contributed by atoms with van der Waals surface area (Å²) >= 11 is 0. The maximum atomic E-state index is 5.68. The Morgan fingerprint density at radius 1 is 1.09 bits per heavy atom. The third-order valence-corrected chi connectivity index (χ3v) is 4.05. The summed E-state index contributed by atoms with van der Waals surface area (Å²) in [6.07, 6.45) is 6.08. The molecule has 1 saturated heterocycles. The van der Waals surface area contributed by atoms with Crippen molar-refractivity contribution in [3.8, 4) is 11.4 Å². The molecule has 1 N–H and O–H groups in total. The van der Waals surface area contributed by atoms with Crippen molar-refractivity contribution >= 4 is 16.7 Å². The van der Waals surface area contributed by atoms with E-state index >= 15 is 0 Å². The van der Waals surface area contributed by atoms with Crippen LogP contribution in [0.1, 0.15) is 12.8 Å². The van der Waals surface area contributed by atoms with E-state index in [1.807, 2.05) is 36.4 Å². The lowest BCUT2D eigenvalue weighted by molar-refractivity contribution is 0.120. The maximum absolute atomic E-state index is 5.68. The highest BCUT2D eigenvalue weighted by atomic mass is 16.5. The molecule has 0 amide bonds. The smallest absolute Gasteiger partial charge is 0.136 e. The first-order chi connectivity index (χ1) is 11.4. The summed E-state index contributed by atoms with van der Waals surface area (Å²) in [7, 11) is 0. The molecule has 5 nitrogen and oxygen atoms in total. The normalized spacial score (nSPS) is 17.5. The minimum Gasteiger partial charge on any atom is -0.376 e. The van der Waals surface area contributed by atoms with Gasteiger partial charge in [0.2, 0.25) is 0 Å². The van der Waals surface area contributed by atoms with Crippen LogP contribution >= 0.6 is 0 Å². The summed E-state index contributed by atoms with van der Waals surface area (Å²) in [5, 5.41) is 4.45. The molecule has 1 fully saturated rings. The van der Waals surface area contributed by atoms with Gasteiger partial charge in [0.25, 0.3) is 0 Å². The van der Waals surface area contributed by atoms with E-state index in [0.29, 0.717) is 0 Å². The van der Waals surface area contributed by atoms with Gasteiger partial charge in [-0.05, 0) is 43.2 Å². The molecule has 0 unspecified atom stereocenters. The van der Waals surface area contributed by atoms with Crippen LogP contribution in [0.3, 0.4) is 0 Å². The molecule has 3 aromatic heterocycles. The highest BCUT2D eigenvalue weighted by molar-refractivity contribution is 5.91. The number of nitrogens with zero attached hydrogens (tertiary/aromatic N) is 3. The van der Waals surface area contributed by atoms with Crippen LogP contribution in [0.25, 0.3) is 22.3 Å². The Labute approximate surface area is 134 Å². The lowest BCUT2D eigenvalue weighted by Crippen LogP contribution is -2.19. The molecule has 0 saturated carbocycles. The van der Waals surface area contributed by atoms with Gasteiger partial charge >= 0.3 is 0 Å². The zero-order chi connectivity index (χ0) is 15.5. The SMILES string of the molecule is c1ccc(-c2cc3ncccc3c(NC[C@@H]3CCCO3)n2)nc1. The molecular formula is C18H18N4O. The highest BCUT2D eigenvalue weighted by Crippen LogP contribution is 2.26. The van der Waals surface area contributed by atoms with Crippen molar-refractivity contribution in [3.05, 3.63) is 48.8 Å². The third kappa shape index (κ3) is 3.00. The van der Waals surface area contributed by atoms with Crippen molar-refractivity contribution in [2.75, 3.05) is 18.5 Å². The van der Waals surface area contributed by atoms with E-state index in [0.717, 1.165) is 54.1 Å². The summed E-state index contributed by atoms with van der Waals surface area (Å²) in [6.45, 7) is 1.62. The molecule has 5 heteroatoms. The molecule has 1 atom stereocenters. The lowest BCUT2D eigenvalue weighted by Gasteiger charge is -2.14. The van der Waals surface area contributed by atoms with Gasteiger partial charge in [0.15, 0.2) is 0 Å². The first-order valence-corrected chi connectivity index (χ1v) is 7.93. The number of ether oxygens (including phenoxy) is 1. The number of hydrogen-bond donors (Lipinski definition) is 1. The van der Waals surface area contributed by atoms with Crippen LogP contribution in [0.5, 0.6) is 0 Å². The number of fused-ring (bicyclic) bond motifs is 1. The van der Waals surface area contributed by atoms with Gasteiger partial charge in [0.05, 0.1) is 23.0 Å². The zero-order valence-corrected chi connectivity index (χ0v) is 12.8. The van der Waals surface area contributed by atoms with Gasteiger partial charge in [0, 0.05) is 30.9 Å². The molecule has 0 spiro atoms. The summed E-state index contributed by atoms with van der Waals surface area (Å²) in [4.78, 5) is 13.6. The zero-order valence-electron chi connectivity index (χ0n) is 12.8. The predicted octanol–water partition coefficient (Wildman–Crippen LogP) is 3.28. The van der Waals surface area contributed by atoms with E-state index in [1.54, 1.807) is 12.4 Å². The average Bonchev–Trinajstić information content (AvgIpc) is 3.14. The number of nitrogens with one attached hydrogen (secondary N) is 1. The van der Waals surface area contributed by atoms with Gasteiger partial charge in [0.1, 0.15) is 5.82 Å². The standard InChI is InChI=1S/C18H18N4O/c1-2-8-19-15(7-1)17-11-16-14(6-3-9-20-16)18(22-17)21-12-13-5-4-10-23-13/h1-3,6-9,11,13H,4-5,10,12H2,(H,21,22)/t13-/m0/s1. The van der Waals surface area contributed by atoms with Gasteiger partial charge in [-0.3, -0.25) is 9.97 Å². The molecule has 4 rings (SSSR count). The molecule has 23 heavy (non-hydrogen) atoms. The Hall–Kier alpha value is -2.53. The van der Waals surface area contributed by atoms with Crippen LogP contribution in [0, 0.1) is 0 Å². The largest absolute Gasteiger partial charge is 0.376 e. The molecule has 0 aromatic carbocycles. The number of pyridine rings is 3. The van der Waals surface area contributed by atoms with E-state index in [-0.39, 0.29) is 6.10 Å². The molecule has 0 bridgehead atoms. The average molecular weight is 306 g/mol. The first kappa shape index (κ1) is 14.1. The monoisotopic (exact) mass is 306 g/mol. The van der Waals surface area contributed by atoms with Crippen molar-refractivity contribution in [1.82, 2.24) is 15.0 Å².